The number of nitrogens with one attached hydrogen (secondary N) is 1. The maximum Gasteiger partial charge on any atom is 0.414 e. The van der Waals surface area contributed by atoms with E-state index in [9.17, 15) is 9.59 Å². The van der Waals surface area contributed by atoms with Crippen molar-refractivity contribution in [1.82, 2.24) is 0 Å². The van der Waals surface area contributed by atoms with Crippen LogP contribution >= 0.6 is 0 Å². The molecule has 6 heteroatoms. The fraction of sp³-hybridized carbons (Fsp3) is 0.467. The second-order valence-electron chi connectivity index (χ2n) is 4.95. The SMILES string of the molecule is CCOC(=O)N1CCc2cc(N[C@H](CC)C(N)=O)ccc21. The molecule has 0 saturated carbocycles. The number of amides is 2. The second-order valence-corrected chi connectivity index (χ2v) is 4.95. The number of fused-ring (bicyclic) bond motifs is 1. The van der Waals surface area contributed by atoms with Crippen LogP contribution in [0.2, 0.25) is 0 Å². The van der Waals surface area contributed by atoms with Crippen molar-refractivity contribution in [2.24, 2.45) is 5.73 Å². The number of nitrogens with two attached hydrogens (primary N) is 1. The van der Waals surface area contributed by atoms with E-state index in [4.69, 9.17) is 10.5 Å². The van der Waals surface area contributed by atoms with Gasteiger partial charge in [0.25, 0.3) is 0 Å². The van der Waals surface area contributed by atoms with Gasteiger partial charge in [0.05, 0.1) is 12.3 Å². The lowest BCUT2D eigenvalue weighted by atomic mass is 10.1. The van der Waals surface area contributed by atoms with Gasteiger partial charge < -0.3 is 15.8 Å². The zero-order valence-corrected chi connectivity index (χ0v) is 12.4. The van der Waals surface area contributed by atoms with Gasteiger partial charge in [-0.25, -0.2) is 4.79 Å². The van der Waals surface area contributed by atoms with Gasteiger partial charge in [-0.1, -0.05) is 6.92 Å². The minimum Gasteiger partial charge on any atom is -0.449 e. The van der Waals surface area contributed by atoms with Crippen molar-refractivity contribution in [3.05, 3.63) is 23.8 Å². The maximum atomic E-state index is 11.8. The van der Waals surface area contributed by atoms with E-state index in [-0.39, 0.29) is 18.0 Å². The number of nitrogens with zero attached hydrogens (tertiary/aromatic N) is 1. The number of ether oxygens (including phenoxy) is 1. The van der Waals surface area contributed by atoms with Crippen LogP contribution in [-0.4, -0.2) is 31.2 Å². The first-order valence-corrected chi connectivity index (χ1v) is 7.19. The summed E-state index contributed by atoms with van der Waals surface area (Å²) in [6.45, 7) is 4.67. The molecule has 1 aromatic rings. The van der Waals surface area contributed by atoms with Crippen molar-refractivity contribution in [1.29, 1.82) is 0 Å². The molecule has 0 unspecified atom stereocenters. The summed E-state index contributed by atoms with van der Waals surface area (Å²) in [6.07, 6.45) is 1.08. The average Bonchev–Trinajstić information content (AvgIpc) is 2.87. The Labute approximate surface area is 124 Å². The van der Waals surface area contributed by atoms with Gasteiger partial charge in [0.2, 0.25) is 5.91 Å². The standard InChI is InChI=1S/C15H21N3O3/c1-3-12(14(16)19)17-11-5-6-13-10(9-11)7-8-18(13)15(20)21-4-2/h5-6,9,12,17H,3-4,7-8H2,1-2H3,(H2,16,19)/t12-/m1/s1. The lowest BCUT2D eigenvalue weighted by molar-refractivity contribution is -0.118. The Bertz CT molecular complexity index is 545. The number of carbonyl (C=O) groups excluding carboxylic acids is 2. The highest BCUT2D eigenvalue weighted by Crippen LogP contribution is 2.31. The van der Waals surface area contributed by atoms with Crippen molar-refractivity contribution in [2.45, 2.75) is 32.7 Å². The predicted octanol–water partition coefficient (Wildman–Crippen LogP) is 1.88. The molecule has 21 heavy (non-hydrogen) atoms. The summed E-state index contributed by atoms with van der Waals surface area (Å²) in [5.74, 6) is -0.369. The third-order valence-corrected chi connectivity index (χ3v) is 3.56. The molecule has 0 radical (unpaired) electrons. The number of rotatable bonds is 5. The average molecular weight is 291 g/mol. The molecule has 0 aliphatic carbocycles. The molecule has 1 heterocycles. The highest BCUT2D eigenvalue weighted by molar-refractivity contribution is 5.91. The molecule has 1 aromatic carbocycles. The van der Waals surface area contributed by atoms with Gasteiger partial charge in [-0.3, -0.25) is 9.69 Å². The molecule has 0 aromatic heterocycles. The first kappa shape index (κ1) is 15.2. The zero-order chi connectivity index (χ0) is 15.4. The molecule has 1 aliphatic heterocycles. The molecule has 3 N–H and O–H groups in total. The summed E-state index contributed by atoms with van der Waals surface area (Å²) in [5.41, 5.74) is 8.10. The zero-order valence-electron chi connectivity index (χ0n) is 12.4. The molecule has 6 nitrogen and oxygen atoms in total. The van der Waals surface area contributed by atoms with Gasteiger partial charge in [0.1, 0.15) is 6.04 Å². The Morgan fingerprint density at radius 2 is 2.19 bits per heavy atom. The third kappa shape index (κ3) is 3.26. The lowest BCUT2D eigenvalue weighted by Gasteiger charge is -2.18. The molecule has 2 amide bonds. The molecular formula is C15H21N3O3. The van der Waals surface area contributed by atoms with Crippen LogP contribution < -0.4 is 16.0 Å². The topological polar surface area (TPSA) is 84.7 Å². The number of anilines is 2. The van der Waals surface area contributed by atoms with Crippen LogP contribution in [0.5, 0.6) is 0 Å². The number of hydrogen-bond acceptors (Lipinski definition) is 4. The van der Waals surface area contributed by atoms with Crippen molar-refractivity contribution in [2.75, 3.05) is 23.4 Å². The summed E-state index contributed by atoms with van der Waals surface area (Å²) in [6, 6.07) is 5.29. The summed E-state index contributed by atoms with van der Waals surface area (Å²) in [7, 11) is 0. The molecule has 2 rings (SSSR count). The summed E-state index contributed by atoms with van der Waals surface area (Å²) >= 11 is 0. The molecule has 1 atom stereocenters. The van der Waals surface area contributed by atoms with Gasteiger partial charge in [0.15, 0.2) is 0 Å². The minimum absolute atomic E-state index is 0.319. The smallest absolute Gasteiger partial charge is 0.414 e. The fourth-order valence-electron chi connectivity index (χ4n) is 2.46. The third-order valence-electron chi connectivity index (χ3n) is 3.56. The molecule has 1 aliphatic rings. The summed E-state index contributed by atoms with van der Waals surface area (Å²) in [5, 5.41) is 3.12. The van der Waals surface area contributed by atoms with Gasteiger partial charge >= 0.3 is 6.09 Å². The van der Waals surface area contributed by atoms with Crippen LogP contribution in [0.15, 0.2) is 18.2 Å². The Morgan fingerprint density at radius 1 is 1.43 bits per heavy atom. The molecular weight excluding hydrogens is 270 g/mol. The molecule has 0 fully saturated rings. The summed E-state index contributed by atoms with van der Waals surface area (Å²) in [4.78, 5) is 24.7. The lowest BCUT2D eigenvalue weighted by Crippen LogP contribution is -2.34. The maximum absolute atomic E-state index is 11.8. The van der Waals surface area contributed by atoms with Crippen LogP contribution in [0, 0.1) is 0 Å². The van der Waals surface area contributed by atoms with E-state index in [1.54, 1.807) is 11.8 Å². The monoisotopic (exact) mass is 291 g/mol. The highest BCUT2D eigenvalue weighted by atomic mass is 16.6. The Morgan fingerprint density at radius 3 is 2.81 bits per heavy atom. The van der Waals surface area contributed by atoms with E-state index in [1.165, 1.54) is 0 Å². The number of primary amides is 1. The highest BCUT2D eigenvalue weighted by Gasteiger charge is 2.26. The van der Waals surface area contributed by atoms with Crippen LogP contribution in [0.4, 0.5) is 16.2 Å². The largest absolute Gasteiger partial charge is 0.449 e. The Hall–Kier alpha value is -2.24. The van der Waals surface area contributed by atoms with E-state index in [2.05, 4.69) is 5.32 Å². The molecule has 0 spiro atoms. The van der Waals surface area contributed by atoms with Gasteiger partial charge in [-0.05, 0) is 43.5 Å². The number of carbonyl (C=O) groups is 2. The first-order valence-electron chi connectivity index (χ1n) is 7.19. The van der Waals surface area contributed by atoms with Crippen LogP contribution in [0.25, 0.3) is 0 Å². The van der Waals surface area contributed by atoms with Gasteiger partial charge in [-0.15, -0.1) is 0 Å². The minimum atomic E-state index is -0.384. The van der Waals surface area contributed by atoms with Crippen molar-refractivity contribution in [3.63, 3.8) is 0 Å². The molecule has 114 valence electrons. The second kappa shape index (κ2) is 6.47. The van der Waals surface area contributed by atoms with E-state index in [1.807, 2.05) is 25.1 Å². The summed E-state index contributed by atoms with van der Waals surface area (Å²) < 4.78 is 5.04. The fourth-order valence-corrected chi connectivity index (χ4v) is 2.46. The first-order chi connectivity index (χ1) is 10.1. The van der Waals surface area contributed by atoms with E-state index in [0.717, 1.165) is 23.4 Å². The van der Waals surface area contributed by atoms with Gasteiger partial charge in [0, 0.05) is 12.2 Å². The quantitative estimate of drug-likeness (QED) is 0.867. The number of hydrogen-bond donors (Lipinski definition) is 2. The van der Waals surface area contributed by atoms with Crippen LogP contribution in [-0.2, 0) is 16.0 Å². The van der Waals surface area contributed by atoms with E-state index >= 15 is 0 Å². The van der Waals surface area contributed by atoms with Crippen LogP contribution in [0.3, 0.4) is 0 Å². The number of benzene rings is 1. The predicted molar refractivity (Wildman–Crippen MR) is 81.4 cm³/mol. The van der Waals surface area contributed by atoms with Crippen molar-refractivity contribution < 1.29 is 14.3 Å². The molecule has 0 saturated heterocycles. The van der Waals surface area contributed by atoms with E-state index in [0.29, 0.717) is 19.6 Å². The normalized spacial score (nSPS) is 14.5. The van der Waals surface area contributed by atoms with Crippen molar-refractivity contribution in [3.8, 4) is 0 Å². The van der Waals surface area contributed by atoms with Crippen LogP contribution in [0.1, 0.15) is 25.8 Å². The van der Waals surface area contributed by atoms with E-state index < -0.39 is 0 Å². The Kier molecular flexibility index (Phi) is 4.67. The molecule has 0 bridgehead atoms. The van der Waals surface area contributed by atoms with Crippen molar-refractivity contribution >= 4 is 23.4 Å². The Balaban J connectivity index is 2.14. The van der Waals surface area contributed by atoms with Gasteiger partial charge in [-0.2, -0.15) is 0 Å².